The second-order valence-corrected chi connectivity index (χ2v) is 6.96. The minimum absolute atomic E-state index is 0.0728. The molecule has 1 aromatic rings. The number of rotatable bonds is 5. The molecule has 0 radical (unpaired) electrons. The third kappa shape index (κ3) is 2.05. The topological polar surface area (TPSA) is 30.9 Å². The second kappa shape index (κ2) is 5.60. The van der Waals surface area contributed by atoms with Crippen molar-refractivity contribution in [2.24, 2.45) is 11.8 Å². The number of hydroxylamine groups is 2. The summed E-state index contributed by atoms with van der Waals surface area (Å²) >= 11 is 0. The van der Waals surface area contributed by atoms with Crippen LogP contribution in [0.2, 0.25) is 0 Å². The van der Waals surface area contributed by atoms with E-state index in [1.165, 1.54) is 5.56 Å². The second-order valence-electron chi connectivity index (χ2n) is 6.96. The Morgan fingerprint density at radius 1 is 1.32 bits per heavy atom. The number of hydrogen-bond donors (Lipinski definition) is 0. The summed E-state index contributed by atoms with van der Waals surface area (Å²) in [5.41, 5.74) is 1.30. The van der Waals surface area contributed by atoms with Gasteiger partial charge in [-0.3, -0.25) is 4.84 Å². The number of benzene rings is 1. The molecule has 120 valence electrons. The first kappa shape index (κ1) is 14.6. The van der Waals surface area contributed by atoms with Crippen LogP contribution in [0.4, 0.5) is 0 Å². The SMILES string of the molecule is CCCCO[C@H]1ON2OC[C@@H]3C[C@H]1[C@@H](c1ccccc1)[C@@]32C. The van der Waals surface area contributed by atoms with Crippen molar-refractivity contribution in [1.82, 2.24) is 5.23 Å². The molecule has 1 saturated carbocycles. The predicted octanol–water partition coefficient (Wildman–Crippen LogP) is 3.50. The van der Waals surface area contributed by atoms with E-state index in [2.05, 4.69) is 44.2 Å². The summed E-state index contributed by atoms with van der Waals surface area (Å²) in [5, 5.41) is 1.76. The largest absolute Gasteiger partial charge is 0.350 e. The summed E-state index contributed by atoms with van der Waals surface area (Å²) in [6.45, 7) is 5.98. The van der Waals surface area contributed by atoms with Gasteiger partial charge in [-0.15, -0.1) is 0 Å². The molecular weight excluding hydrogens is 278 g/mol. The van der Waals surface area contributed by atoms with E-state index in [0.717, 1.165) is 32.5 Å². The maximum Gasteiger partial charge on any atom is 0.183 e. The smallest absolute Gasteiger partial charge is 0.183 e. The number of fused-ring (bicyclic) bond motifs is 1. The van der Waals surface area contributed by atoms with Gasteiger partial charge >= 0.3 is 0 Å². The van der Waals surface area contributed by atoms with Crippen LogP contribution in [-0.4, -0.2) is 30.3 Å². The molecule has 3 fully saturated rings. The lowest BCUT2D eigenvalue weighted by Gasteiger charge is -2.46. The Hall–Kier alpha value is -0.940. The molecule has 2 bridgehead atoms. The molecule has 0 amide bonds. The normalized spacial score (nSPS) is 40.3. The summed E-state index contributed by atoms with van der Waals surface area (Å²) in [4.78, 5) is 11.9. The van der Waals surface area contributed by atoms with Gasteiger partial charge in [0.15, 0.2) is 6.29 Å². The van der Waals surface area contributed by atoms with E-state index in [1.807, 2.05) is 0 Å². The van der Waals surface area contributed by atoms with Crippen molar-refractivity contribution < 1.29 is 14.4 Å². The highest BCUT2D eigenvalue weighted by Gasteiger charge is 2.66. The molecule has 2 heterocycles. The van der Waals surface area contributed by atoms with Crippen molar-refractivity contribution in [1.29, 1.82) is 0 Å². The monoisotopic (exact) mass is 303 g/mol. The van der Waals surface area contributed by atoms with Gasteiger partial charge in [-0.1, -0.05) is 48.9 Å². The molecule has 3 aliphatic rings. The van der Waals surface area contributed by atoms with Gasteiger partial charge in [-0.05, 0) is 25.3 Å². The van der Waals surface area contributed by atoms with Crippen molar-refractivity contribution in [2.75, 3.05) is 13.2 Å². The standard InChI is InChI=1S/C18H25NO3/c1-3-4-10-20-17-15-11-14-12-21-19(22-17)18(14,2)16(15)13-8-6-5-7-9-13/h5-9,14-17H,3-4,10-12H2,1-2H3/t14-,15-,16+,17-,18+/m0/s1. The highest BCUT2D eigenvalue weighted by atomic mass is 17.0. The lowest BCUT2D eigenvalue weighted by molar-refractivity contribution is -0.455. The van der Waals surface area contributed by atoms with Gasteiger partial charge in [-0.2, -0.15) is 0 Å². The average molecular weight is 303 g/mol. The molecule has 4 heteroatoms. The molecule has 5 atom stereocenters. The van der Waals surface area contributed by atoms with Gasteiger partial charge < -0.3 is 4.74 Å². The highest BCUT2D eigenvalue weighted by molar-refractivity contribution is 5.29. The van der Waals surface area contributed by atoms with Gasteiger partial charge in [0.2, 0.25) is 0 Å². The summed E-state index contributed by atoms with van der Waals surface area (Å²) < 4.78 is 6.06. The minimum Gasteiger partial charge on any atom is -0.350 e. The van der Waals surface area contributed by atoms with Crippen LogP contribution in [0.25, 0.3) is 0 Å². The maximum absolute atomic E-state index is 6.06. The van der Waals surface area contributed by atoms with Crippen LogP contribution in [0.3, 0.4) is 0 Å². The molecule has 2 saturated heterocycles. The molecule has 0 spiro atoms. The fourth-order valence-corrected chi connectivity index (χ4v) is 4.51. The Morgan fingerprint density at radius 2 is 2.14 bits per heavy atom. The number of unbranched alkanes of at least 4 members (excludes halogenated alkanes) is 1. The van der Waals surface area contributed by atoms with Gasteiger partial charge in [-0.25, -0.2) is 4.84 Å². The number of ether oxygens (including phenoxy) is 1. The van der Waals surface area contributed by atoms with Crippen molar-refractivity contribution in [2.45, 2.75) is 50.9 Å². The zero-order valence-corrected chi connectivity index (χ0v) is 13.4. The van der Waals surface area contributed by atoms with Crippen LogP contribution in [0.15, 0.2) is 30.3 Å². The van der Waals surface area contributed by atoms with Gasteiger partial charge in [0.1, 0.15) is 0 Å². The van der Waals surface area contributed by atoms with E-state index < -0.39 is 0 Å². The maximum atomic E-state index is 6.06. The van der Waals surface area contributed by atoms with Crippen LogP contribution in [-0.2, 0) is 14.4 Å². The first-order valence-corrected chi connectivity index (χ1v) is 8.51. The molecule has 4 nitrogen and oxygen atoms in total. The highest BCUT2D eigenvalue weighted by Crippen LogP contribution is 2.61. The Balaban J connectivity index is 1.64. The Morgan fingerprint density at radius 3 is 2.91 bits per heavy atom. The van der Waals surface area contributed by atoms with Crippen LogP contribution < -0.4 is 0 Å². The van der Waals surface area contributed by atoms with Gasteiger partial charge in [0.05, 0.1) is 12.1 Å². The summed E-state index contributed by atoms with van der Waals surface area (Å²) in [6.07, 6.45) is 3.14. The molecule has 0 unspecified atom stereocenters. The van der Waals surface area contributed by atoms with E-state index in [0.29, 0.717) is 17.8 Å². The molecule has 1 aromatic carbocycles. The summed E-state index contributed by atoms with van der Waals surface area (Å²) in [7, 11) is 0. The minimum atomic E-state index is -0.185. The van der Waals surface area contributed by atoms with Crippen molar-refractivity contribution in [3.05, 3.63) is 35.9 Å². The van der Waals surface area contributed by atoms with Crippen molar-refractivity contribution in [3.63, 3.8) is 0 Å². The van der Waals surface area contributed by atoms with Crippen molar-refractivity contribution >= 4 is 0 Å². The first-order chi connectivity index (χ1) is 10.7. The van der Waals surface area contributed by atoms with E-state index in [1.54, 1.807) is 5.23 Å². The Kier molecular flexibility index (Phi) is 3.73. The zero-order chi connectivity index (χ0) is 15.2. The van der Waals surface area contributed by atoms with Crippen LogP contribution >= 0.6 is 0 Å². The summed E-state index contributed by atoms with van der Waals surface area (Å²) in [6, 6.07) is 10.8. The van der Waals surface area contributed by atoms with Crippen LogP contribution in [0.1, 0.15) is 44.6 Å². The predicted molar refractivity (Wildman–Crippen MR) is 82.7 cm³/mol. The molecule has 22 heavy (non-hydrogen) atoms. The van der Waals surface area contributed by atoms with E-state index in [9.17, 15) is 0 Å². The quantitative estimate of drug-likeness (QED) is 0.779. The van der Waals surface area contributed by atoms with E-state index in [4.69, 9.17) is 14.4 Å². The molecule has 4 rings (SSSR count). The van der Waals surface area contributed by atoms with Crippen LogP contribution in [0.5, 0.6) is 0 Å². The fourth-order valence-electron chi connectivity index (χ4n) is 4.51. The third-order valence-corrected chi connectivity index (χ3v) is 5.72. The third-order valence-electron chi connectivity index (χ3n) is 5.72. The van der Waals surface area contributed by atoms with Gasteiger partial charge in [0, 0.05) is 24.4 Å². The lowest BCUT2D eigenvalue weighted by Crippen LogP contribution is -2.54. The molecule has 0 aromatic heterocycles. The van der Waals surface area contributed by atoms with Crippen molar-refractivity contribution in [3.8, 4) is 0 Å². The lowest BCUT2D eigenvalue weighted by atomic mass is 9.76. The zero-order valence-electron chi connectivity index (χ0n) is 13.4. The summed E-state index contributed by atoms with van der Waals surface area (Å²) in [5.74, 6) is 1.33. The van der Waals surface area contributed by atoms with E-state index >= 15 is 0 Å². The molecule has 1 aliphatic carbocycles. The van der Waals surface area contributed by atoms with Gasteiger partial charge in [0.25, 0.3) is 0 Å². The van der Waals surface area contributed by atoms with E-state index in [-0.39, 0.29) is 11.8 Å². The Labute approximate surface area is 132 Å². The number of nitrogens with zero attached hydrogens (tertiary/aromatic N) is 1. The number of hydrogen-bond acceptors (Lipinski definition) is 4. The fraction of sp³-hybridized carbons (Fsp3) is 0.667. The molecular formula is C18H25NO3. The Bertz CT molecular complexity index is 522. The molecule has 2 aliphatic heterocycles. The average Bonchev–Trinajstić information content (AvgIpc) is 2.95. The first-order valence-electron chi connectivity index (χ1n) is 8.51. The van der Waals surface area contributed by atoms with Crippen LogP contribution in [0, 0.1) is 11.8 Å². The molecule has 0 N–H and O–H groups in total.